The number of aromatic nitrogens is 1. The Kier molecular flexibility index (Phi) is 3.25. The number of ether oxygens (including phenoxy) is 1. The van der Waals surface area contributed by atoms with Gasteiger partial charge in [-0.3, -0.25) is 0 Å². The Balaban J connectivity index is 1.95. The molecule has 100 valence electrons. The third kappa shape index (κ3) is 2.30. The quantitative estimate of drug-likeness (QED) is 0.784. The molecule has 0 amide bonds. The molecule has 0 spiro atoms. The van der Waals surface area contributed by atoms with Crippen LogP contribution in [0.25, 0.3) is 10.9 Å². The summed E-state index contributed by atoms with van der Waals surface area (Å²) in [6, 6.07) is 17.9. The van der Waals surface area contributed by atoms with Crippen LogP contribution in [0.1, 0.15) is 11.3 Å². The highest BCUT2D eigenvalue weighted by Gasteiger charge is 2.11. The molecule has 0 bridgehead atoms. The maximum Gasteiger partial charge on any atom is 0.164 e. The van der Waals surface area contributed by atoms with Crippen LogP contribution >= 0.6 is 0 Å². The highest BCUT2D eigenvalue weighted by atomic mass is 16.5. The minimum absolute atomic E-state index is 0.492. The first-order valence-electron chi connectivity index (χ1n) is 6.57. The molecule has 3 heteroatoms. The van der Waals surface area contributed by atoms with Gasteiger partial charge in [-0.1, -0.05) is 48.5 Å². The fraction of sp³-hybridized carbons (Fsp3) is 0.118. The topological polar surface area (TPSA) is 48.1 Å². The van der Waals surface area contributed by atoms with Gasteiger partial charge in [-0.15, -0.1) is 0 Å². The number of nitrogens with two attached hydrogens (primary N) is 1. The number of rotatable bonds is 3. The van der Waals surface area contributed by atoms with Crippen LogP contribution in [-0.2, 0) is 6.61 Å². The SMILES string of the molecule is Cc1nc2ccccc2c(N)c1OCc1ccccc1. The predicted octanol–water partition coefficient (Wildman–Crippen LogP) is 3.70. The van der Waals surface area contributed by atoms with Crippen molar-refractivity contribution in [1.29, 1.82) is 0 Å². The first-order valence-corrected chi connectivity index (χ1v) is 6.57. The van der Waals surface area contributed by atoms with E-state index in [9.17, 15) is 0 Å². The summed E-state index contributed by atoms with van der Waals surface area (Å²) in [4.78, 5) is 4.54. The summed E-state index contributed by atoms with van der Waals surface area (Å²) in [6.07, 6.45) is 0. The van der Waals surface area contributed by atoms with Crippen molar-refractivity contribution in [3.05, 3.63) is 65.9 Å². The molecule has 0 atom stereocenters. The van der Waals surface area contributed by atoms with Crippen molar-refractivity contribution in [1.82, 2.24) is 4.98 Å². The van der Waals surface area contributed by atoms with E-state index in [1.54, 1.807) is 0 Å². The number of nitrogen functional groups attached to an aromatic ring is 1. The van der Waals surface area contributed by atoms with Gasteiger partial charge in [0.1, 0.15) is 6.61 Å². The molecule has 0 radical (unpaired) electrons. The van der Waals surface area contributed by atoms with Crippen molar-refractivity contribution in [3.63, 3.8) is 0 Å². The second kappa shape index (κ2) is 5.21. The largest absolute Gasteiger partial charge is 0.485 e. The van der Waals surface area contributed by atoms with Gasteiger partial charge in [-0.25, -0.2) is 4.98 Å². The van der Waals surface area contributed by atoms with E-state index in [1.807, 2.05) is 61.5 Å². The summed E-state index contributed by atoms with van der Waals surface area (Å²) in [5, 5.41) is 0.932. The molecule has 0 aliphatic carbocycles. The van der Waals surface area contributed by atoms with Gasteiger partial charge in [0.05, 0.1) is 16.9 Å². The minimum atomic E-state index is 0.492. The lowest BCUT2D eigenvalue weighted by Crippen LogP contribution is -2.03. The van der Waals surface area contributed by atoms with Crippen molar-refractivity contribution in [2.75, 3.05) is 5.73 Å². The molecule has 2 N–H and O–H groups in total. The smallest absolute Gasteiger partial charge is 0.164 e. The first kappa shape index (κ1) is 12.5. The number of hydrogen-bond donors (Lipinski definition) is 1. The molecule has 3 nitrogen and oxygen atoms in total. The number of nitrogens with zero attached hydrogens (tertiary/aromatic N) is 1. The van der Waals surface area contributed by atoms with Gasteiger partial charge in [0.25, 0.3) is 0 Å². The highest BCUT2D eigenvalue weighted by Crippen LogP contribution is 2.32. The van der Waals surface area contributed by atoms with Crippen LogP contribution in [0.3, 0.4) is 0 Å². The maximum atomic E-state index is 6.22. The fourth-order valence-electron chi connectivity index (χ4n) is 2.26. The molecule has 0 aliphatic heterocycles. The summed E-state index contributed by atoms with van der Waals surface area (Å²) < 4.78 is 5.87. The Morgan fingerprint density at radius 1 is 1.00 bits per heavy atom. The number of fused-ring (bicyclic) bond motifs is 1. The van der Waals surface area contributed by atoms with E-state index in [0.717, 1.165) is 22.2 Å². The first-order chi connectivity index (χ1) is 9.75. The lowest BCUT2D eigenvalue weighted by molar-refractivity contribution is 0.305. The molecule has 0 saturated carbocycles. The molecule has 3 aromatic rings. The number of pyridine rings is 1. The summed E-state index contributed by atoms with van der Waals surface area (Å²) >= 11 is 0. The normalized spacial score (nSPS) is 10.7. The van der Waals surface area contributed by atoms with Crippen molar-refractivity contribution in [3.8, 4) is 5.75 Å². The van der Waals surface area contributed by atoms with Crippen LogP contribution in [0.5, 0.6) is 5.75 Å². The van der Waals surface area contributed by atoms with Crippen molar-refractivity contribution in [2.45, 2.75) is 13.5 Å². The molecule has 1 aromatic heterocycles. The van der Waals surface area contributed by atoms with Crippen molar-refractivity contribution < 1.29 is 4.74 Å². The zero-order valence-corrected chi connectivity index (χ0v) is 11.3. The van der Waals surface area contributed by atoms with Gasteiger partial charge >= 0.3 is 0 Å². The van der Waals surface area contributed by atoms with E-state index < -0.39 is 0 Å². The molecular formula is C17H16N2O. The molecule has 0 fully saturated rings. The zero-order valence-electron chi connectivity index (χ0n) is 11.3. The van der Waals surface area contributed by atoms with Gasteiger partial charge in [0, 0.05) is 5.39 Å². The second-order valence-electron chi connectivity index (χ2n) is 4.73. The third-order valence-electron chi connectivity index (χ3n) is 3.28. The van der Waals surface area contributed by atoms with E-state index in [0.29, 0.717) is 18.0 Å². The summed E-state index contributed by atoms with van der Waals surface area (Å²) in [5.41, 5.74) is 9.70. The van der Waals surface area contributed by atoms with E-state index in [4.69, 9.17) is 10.5 Å². The molecule has 0 unspecified atom stereocenters. The molecule has 0 aliphatic rings. The summed E-state index contributed by atoms with van der Waals surface area (Å²) in [5.74, 6) is 0.674. The van der Waals surface area contributed by atoms with E-state index in [1.165, 1.54) is 0 Å². The van der Waals surface area contributed by atoms with E-state index in [2.05, 4.69) is 4.98 Å². The molecule has 2 aromatic carbocycles. The van der Waals surface area contributed by atoms with Crippen LogP contribution < -0.4 is 10.5 Å². The fourth-order valence-corrected chi connectivity index (χ4v) is 2.26. The number of hydrogen-bond acceptors (Lipinski definition) is 3. The molecule has 20 heavy (non-hydrogen) atoms. The van der Waals surface area contributed by atoms with Crippen molar-refractivity contribution >= 4 is 16.6 Å². The van der Waals surface area contributed by atoms with Crippen LogP contribution in [0.15, 0.2) is 54.6 Å². The Bertz CT molecular complexity index is 739. The summed E-state index contributed by atoms with van der Waals surface area (Å²) in [6.45, 7) is 2.41. The second-order valence-corrected chi connectivity index (χ2v) is 4.73. The monoisotopic (exact) mass is 264 g/mol. The molecule has 1 heterocycles. The summed E-state index contributed by atoms with van der Waals surface area (Å²) in [7, 11) is 0. The molecule has 0 saturated heterocycles. The molecular weight excluding hydrogens is 248 g/mol. The minimum Gasteiger partial charge on any atom is -0.485 e. The zero-order chi connectivity index (χ0) is 13.9. The maximum absolute atomic E-state index is 6.22. The number of anilines is 1. The van der Waals surface area contributed by atoms with Crippen LogP contribution in [-0.4, -0.2) is 4.98 Å². The Hall–Kier alpha value is -2.55. The molecule has 3 rings (SSSR count). The van der Waals surface area contributed by atoms with Crippen molar-refractivity contribution in [2.24, 2.45) is 0 Å². The van der Waals surface area contributed by atoms with E-state index >= 15 is 0 Å². The average Bonchev–Trinajstić information content (AvgIpc) is 2.48. The van der Waals surface area contributed by atoms with Gasteiger partial charge in [0.15, 0.2) is 5.75 Å². The lowest BCUT2D eigenvalue weighted by Gasteiger charge is -2.13. The Morgan fingerprint density at radius 3 is 2.50 bits per heavy atom. The number of para-hydroxylation sites is 1. The standard InChI is InChI=1S/C17H16N2O/c1-12-17(20-11-13-7-3-2-4-8-13)16(18)14-9-5-6-10-15(14)19-12/h2-10H,11H2,1H3,(H2,18,19). The van der Waals surface area contributed by atoms with Gasteiger partial charge in [-0.05, 0) is 18.6 Å². The number of aryl methyl sites for hydroxylation is 1. The number of benzene rings is 2. The Morgan fingerprint density at radius 2 is 1.70 bits per heavy atom. The third-order valence-corrected chi connectivity index (χ3v) is 3.28. The van der Waals surface area contributed by atoms with Crippen LogP contribution in [0.4, 0.5) is 5.69 Å². The lowest BCUT2D eigenvalue weighted by atomic mass is 10.1. The average molecular weight is 264 g/mol. The van der Waals surface area contributed by atoms with Crippen LogP contribution in [0.2, 0.25) is 0 Å². The predicted molar refractivity (Wildman–Crippen MR) is 81.7 cm³/mol. The van der Waals surface area contributed by atoms with Gasteiger partial charge in [-0.2, -0.15) is 0 Å². The van der Waals surface area contributed by atoms with Gasteiger partial charge < -0.3 is 10.5 Å². The van der Waals surface area contributed by atoms with Crippen LogP contribution in [0, 0.1) is 6.92 Å². The van der Waals surface area contributed by atoms with Gasteiger partial charge in [0.2, 0.25) is 0 Å². The Labute approximate surface area is 118 Å². The van der Waals surface area contributed by atoms with E-state index in [-0.39, 0.29) is 0 Å². The highest BCUT2D eigenvalue weighted by molar-refractivity contribution is 5.93.